The number of benzene rings is 1. The lowest BCUT2D eigenvalue weighted by molar-refractivity contribution is -0.213. The summed E-state index contributed by atoms with van der Waals surface area (Å²) in [5.74, 6) is -0.141. The summed E-state index contributed by atoms with van der Waals surface area (Å²) in [5.41, 5.74) is 1.99. The maximum Gasteiger partial charge on any atom is 0.0270 e. The monoisotopic (exact) mass is 218 g/mol. The lowest BCUT2D eigenvalue weighted by Crippen LogP contribution is -2.18. The van der Waals surface area contributed by atoms with Crippen molar-refractivity contribution in [1.82, 2.24) is 0 Å². The van der Waals surface area contributed by atoms with Crippen LogP contribution in [0.4, 0.5) is 0 Å². The first kappa shape index (κ1) is 12.8. The Labute approximate surface area is 98.0 Å². The predicted molar refractivity (Wildman–Crippen MR) is 66.7 cm³/mol. The number of hydrogen-bond donors (Lipinski definition) is 0. The third kappa shape index (κ3) is 4.05. The Morgan fingerprint density at radius 3 is 2.38 bits per heavy atom. The van der Waals surface area contributed by atoms with E-state index < -0.39 is 0 Å². The van der Waals surface area contributed by atoms with Gasteiger partial charge >= 0.3 is 0 Å². The number of nitrogens with zero attached hydrogens (tertiary/aromatic N) is 1. The van der Waals surface area contributed by atoms with Crippen molar-refractivity contribution in [3.8, 4) is 0 Å². The Morgan fingerprint density at radius 2 is 1.81 bits per heavy atom. The highest BCUT2D eigenvalue weighted by Gasteiger charge is 1.95. The summed E-state index contributed by atoms with van der Waals surface area (Å²) in [4.78, 5) is 3.64. The van der Waals surface area contributed by atoms with E-state index in [2.05, 4.69) is 11.9 Å². The molecule has 0 aliphatic carbocycles. The van der Waals surface area contributed by atoms with Crippen LogP contribution in [0, 0.1) is 0 Å². The predicted octanol–water partition coefficient (Wildman–Crippen LogP) is 2.55. The average Bonchev–Trinajstić information content (AvgIpc) is 2.34. The van der Waals surface area contributed by atoms with E-state index in [1.807, 2.05) is 24.3 Å². The molecular weight excluding hydrogens is 198 g/mol. The van der Waals surface area contributed by atoms with Crippen molar-refractivity contribution >= 4 is 5.90 Å². The lowest BCUT2D eigenvalue weighted by atomic mass is 10.0. The molecule has 0 amide bonds. The molecule has 1 rings (SSSR count). The van der Waals surface area contributed by atoms with Crippen molar-refractivity contribution in [2.75, 3.05) is 7.05 Å². The molecule has 0 fully saturated rings. The molecule has 2 nitrogen and oxygen atoms in total. The molecule has 0 radical (unpaired) electrons. The molecule has 0 atom stereocenters. The van der Waals surface area contributed by atoms with E-state index in [-0.39, 0.29) is 5.90 Å². The van der Waals surface area contributed by atoms with E-state index in [1.54, 1.807) is 0 Å². The molecule has 88 valence electrons. The number of rotatable bonds is 6. The van der Waals surface area contributed by atoms with Gasteiger partial charge in [0.2, 0.25) is 0 Å². The van der Waals surface area contributed by atoms with E-state index in [1.165, 1.54) is 38.3 Å². The van der Waals surface area contributed by atoms with Crippen molar-refractivity contribution in [1.29, 1.82) is 0 Å². The summed E-state index contributed by atoms with van der Waals surface area (Å²) < 4.78 is 0. The minimum atomic E-state index is -0.141. The molecule has 0 aromatic heterocycles. The number of aryl methyl sites for hydroxylation is 1. The van der Waals surface area contributed by atoms with Crippen molar-refractivity contribution in [3.05, 3.63) is 35.4 Å². The third-order valence-electron chi connectivity index (χ3n) is 2.72. The maximum absolute atomic E-state index is 11.3. The number of hydrogen-bond acceptors (Lipinski definition) is 2. The smallest absolute Gasteiger partial charge is 0.0270 e. The molecule has 0 bridgehead atoms. The van der Waals surface area contributed by atoms with Crippen molar-refractivity contribution in [2.45, 2.75) is 39.0 Å². The number of unbranched alkanes of at least 4 members (excludes halogenated alkanes) is 3. The molecule has 0 spiro atoms. The van der Waals surface area contributed by atoms with E-state index in [0.717, 1.165) is 6.42 Å². The minimum Gasteiger partial charge on any atom is -0.859 e. The second kappa shape index (κ2) is 7.04. The lowest BCUT2D eigenvalue weighted by Gasteiger charge is -2.10. The van der Waals surface area contributed by atoms with Gasteiger partial charge in [-0.3, -0.25) is 0 Å². The van der Waals surface area contributed by atoms with Gasteiger partial charge in [-0.15, -0.1) is 0 Å². The van der Waals surface area contributed by atoms with Gasteiger partial charge in [-0.2, -0.15) is 0 Å². The largest absolute Gasteiger partial charge is 0.859 e. The fourth-order valence-corrected chi connectivity index (χ4v) is 1.70. The fourth-order valence-electron chi connectivity index (χ4n) is 1.70. The zero-order valence-electron chi connectivity index (χ0n) is 10.2. The zero-order chi connectivity index (χ0) is 11.8. The minimum absolute atomic E-state index is 0.141. The highest BCUT2D eigenvalue weighted by atomic mass is 16.3. The van der Waals surface area contributed by atoms with Crippen LogP contribution in [0.3, 0.4) is 0 Å². The topological polar surface area (TPSA) is 35.4 Å². The molecule has 0 saturated heterocycles. The van der Waals surface area contributed by atoms with Gasteiger partial charge in [-0.25, -0.2) is 0 Å². The van der Waals surface area contributed by atoms with Crippen LogP contribution in [0.25, 0.3) is 0 Å². The molecule has 2 heteroatoms. The van der Waals surface area contributed by atoms with Crippen LogP contribution >= 0.6 is 0 Å². The normalized spacial score (nSPS) is 11.8. The molecular formula is C14H20NO-. The molecule has 0 heterocycles. The molecule has 0 unspecified atom stereocenters. The van der Waals surface area contributed by atoms with Crippen LogP contribution < -0.4 is 5.11 Å². The summed E-state index contributed by atoms with van der Waals surface area (Å²) in [6, 6.07) is 7.80. The van der Waals surface area contributed by atoms with E-state index in [0.29, 0.717) is 5.56 Å². The van der Waals surface area contributed by atoms with Crippen molar-refractivity contribution in [3.63, 3.8) is 0 Å². The van der Waals surface area contributed by atoms with E-state index >= 15 is 0 Å². The molecule has 0 N–H and O–H groups in total. The Hall–Kier alpha value is -1.31. The highest BCUT2D eigenvalue weighted by molar-refractivity contribution is 5.90. The van der Waals surface area contributed by atoms with E-state index in [4.69, 9.17) is 0 Å². The molecule has 0 aliphatic rings. The molecule has 1 aromatic carbocycles. The summed E-state index contributed by atoms with van der Waals surface area (Å²) >= 11 is 0. The first-order valence-electron chi connectivity index (χ1n) is 6.01. The molecule has 1 aromatic rings. The zero-order valence-corrected chi connectivity index (χ0v) is 10.2. The summed E-state index contributed by atoms with van der Waals surface area (Å²) in [6.45, 7) is 2.22. The van der Waals surface area contributed by atoms with Crippen LogP contribution in [0.5, 0.6) is 0 Å². The van der Waals surface area contributed by atoms with Crippen LogP contribution in [0.15, 0.2) is 29.3 Å². The second-order valence-electron chi connectivity index (χ2n) is 4.04. The highest BCUT2D eigenvalue weighted by Crippen LogP contribution is 2.09. The number of aliphatic imine (C=N–C) groups is 1. The fraction of sp³-hybridized carbons (Fsp3) is 0.500. The summed E-state index contributed by atoms with van der Waals surface area (Å²) in [5, 5.41) is 11.3. The van der Waals surface area contributed by atoms with E-state index in [9.17, 15) is 5.11 Å². The van der Waals surface area contributed by atoms with Crippen molar-refractivity contribution < 1.29 is 5.11 Å². The van der Waals surface area contributed by atoms with Gasteiger partial charge in [-0.05, 0) is 29.9 Å². The van der Waals surface area contributed by atoms with Crippen LogP contribution in [-0.2, 0) is 6.42 Å². The Bertz CT molecular complexity index is 327. The van der Waals surface area contributed by atoms with Crippen molar-refractivity contribution in [2.24, 2.45) is 4.99 Å². The van der Waals surface area contributed by atoms with Gasteiger partial charge in [0.15, 0.2) is 0 Å². The quantitative estimate of drug-likeness (QED) is 0.410. The standard InChI is InChI=1S/C14H21NO/c1-3-4-5-6-7-12-8-10-13(11-9-12)14(16)15-2/h8-11H,3-7H2,1-2H3,(H,15,16)/p-1. The van der Waals surface area contributed by atoms with Gasteiger partial charge < -0.3 is 10.1 Å². The SMILES string of the molecule is CCCCCCc1ccc(C([O-])=NC)cc1. The van der Waals surface area contributed by atoms with Gasteiger partial charge in [0.1, 0.15) is 0 Å². The van der Waals surface area contributed by atoms with Gasteiger partial charge in [0.25, 0.3) is 0 Å². The average molecular weight is 218 g/mol. The Kier molecular flexibility index (Phi) is 5.62. The van der Waals surface area contributed by atoms with Crippen LogP contribution in [-0.4, -0.2) is 12.9 Å². The summed E-state index contributed by atoms with van der Waals surface area (Å²) in [6.07, 6.45) is 6.22. The molecule has 16 heavy (non-hydrogen) atoms. The molecule has 0 aliphatic heterocycles. The van der Waals surface area contributed by atoms with Gasteiger partial charge in [0.05, 0.1) is 0 Å². The third-order valence-corrected chi connectivity index (χ3v) is 2.72. The first-order valence-corrected chi connectivity index (χ1v) is 6.01. The van der Waals surface area contributed by atoms with Gasteiger partial charge in [0, 0.05) is 7.05 Å². The van der Waals surface area contributed by atoms with Crippen LogP contribution in [0.1, 0.15) is 43.7 Å². The second-order valence-corrected chi connectivity index (χ2v) is 4.04. The van der Waals surface area contributed by atoms with Crippen LogP contribution in [0.2, 0.25) is 0 Å². The maximum atomic E-state index is 11.3. The Balaban J connectivity index is 2.45. The first-order chi connectivity index (χ1) is 7.77. The molecule has 0 saturated carbocycles. The Morgan fingerprint density at radius 1 is 1.12 bits per heavy atom. The summed E-state index contributed by atoms with van der Waals surface area (Å²) in [7, 11) is 1.53. The van der Waals surface area contributed by atoms with Gasteiger partial charge in [-0.1, -0.05) is 50.5 Å².